The lowest BCUT2D eigenvalue weighted by Crippen LogP contribution is -2.11. The molecule has 0 radical (unpaired) electrons. The molecule has 4 heteroatoms. The maximum absolute atomic E-state index is 4.39. The van der Waals surface area contributed by atoms with E-state index in [2.05, 4.69) is 48.3 Å². The quantitative estimate of drug-likeness (QED) is 0.633. The number of hydrogen-bond donors (Lipinski definition) is 2. The Balaban J connectivity index is 2.51. The van der Waals surface area contributed by atoms with E-state index < -0.39 is 0 Å². The molecule has 0 amide bonds. The summed E-state index contributed by atoms with van der Waals surface area (Å²) < 4.78 is 0. The first-order chi connectivity index (χ1) is 9.69. The molecule has 0 saturated heterocycles. The van der Waals surface area contributed by atoms with Gasteiger partial charge in [0.05, 0.1) is 0 Å². The Hall–Kier alpha value is -1.32. The molecule has 0 bridgehead atoms. The first-order valence-corrected chi connectivity index (χ1v) is 8.00. The number of nitrogens with one attached hydrogen (secondary N) is 2. The number of anilines is 2. The van der Waals surface area contributed by atoms with E-state index in [0.29, 0.717) is 0 Å². The Morgan fingerprint density at radius 1 is 1.00 bits per heavy atom. The van der Waals surface area contributed by atoms with Crippen LogP contribution in [0.5, 0.6) is 0 Å². The van der Waals surface area contributed by atoms with Gasteiger partial charge in [0.15, 0.2) is 0 Å². The summed E-state index contributed by atoms with van der Waals surface area (Å²) in [5.41, 5.74) is 1.20. The highest BCUT2D eigenvalue weighted by Crippen LogP contribution is 2.20. The van der Waals surface area contributed by atoms with Crippen molar-refractivity contribution in [3.63, 3.8) is 0 Å². The summed E-state index contributed by atoms with van der Waals surface area (Å²) in [4.78, 5) is 8.74. The molecular weight excluding hydrogens is 248 g/mol. The average molecular weight is 278 g/mol. The Kier molecular flexibility index (Phi) is 8.00. The number of nitrogens with zero attached hydrogens (tertiary/aromatic N) is 2. The van der Waals surface area contributed by atoms with Gasteiger partial charge in [-0.1, -0.05) is 40.5 Å². The van der Waals surface area contributed by atoms with E-state index in [-0.39, 0.29) is 0 Å². The van der Waals surface area contributed by atoms with Crippen molar-refractivity contribution in [1.29, 1.82) is 0 Å². The Morgan fingerprint density at radius 2 is 1.65 bits per heavy atom. The molecule has 114 valence electrons. The molecule has 20 heavy (non-hydrogen) atoms. The fourth-order valence-electron chi connectivity index (χ4n) is 2.18. The highest BCUT2D eigenvalue weighted by Gasteiger charge is 2.08. The summed E-state index contributed by atoms with van der Waals surface area (Å²) in [6.45, 7) is 10.8. The topological polar surface area (TPSA) is 49.8 Å². The second-order valence-electron chi connectivity index (χ2n) is 5.65. The van der Waals surface area contributed by atoms with Crippen LogP contribution in [0.2, 0.25) is 0 Å². The van der Waals surface area contributed by atoms with Crippen LogP contribution in [0, 0.1) is 5.92 Å². The molecule has 1 heterocycles. The van der Waals surface area contributed by atoms with Gasteiger partial charge in [0.25, 0.3) is 0 Å². The fraction of sp³-hybridized carbons (Fsp3) is 0.750. The van der Waals surface area contributed by atoms with Crippen molar-refractivity contribution in [2.45, 2.75) is 59.8 Å². The minimum absolute atomic E-state index is 0.796. The zero-order valence-electron chi connectivity index (χ0n) is 13.5. The minimum atomic E-state index is 0.796. The van der Waals surface area contributed by atoms with Gasteiger partial charge in [0.2, 0.25) is 0 Å². The van der Waals surface area contributed by atoms with Crippen molar-refractivity contribution < 1.29 is 0 Å². The largest absolute Gasteiger partial charge is 0.370 e. The van der Waals surface area contributed by atoms with Crippen molar-refractivity contribution >= 4 is 11.6 Å². The van der Waals surface area contributed by atoms with Gasteiger partial charge in [-0.3, -0.25) is 0 Å². The van der Waals surface area contributed by atoms with Gasteiger partial charge in [-0.2, -0.15) is 0 Å². The summed E-state index contributed by atoms with van der Waals surface area (Å²) in [6.07, 6.45) is 7.47. The summed E-state index contributed by atoms with van der Waals surface area (Å²) >= 11 is 0. The normalized spacial score (nSPS) is 10.8. The van der Waals surface area contributed by atoms with Crippen LogP contribution in [0.15, 0.2) is 6.33 Å². The number of rotatable bonds is 10. The molecule has 4 nitrogen and oxygen atoms in total. The van der Waals surface area contributed by atoms with Crippen LogP contribution in [0.1, 0.15) is 58.9 Å². The first-order valence-electron chi connectivity index (χ1n) is 8.00. The molecule has 1 aromatic rings. The molecule has 0 spiro atoms. The van der Waals surface area contributed by atoms with Gasteiger partial charge < -0.3 is 10.6 Å². The molecule has 0 atom stereocenters. The second-order valence-corrected chi connectivity index (χ2v) is 5.65. The van der Waals surface area contributed by atoms with E-state index in [9.17, 15) is 0 Å². The van der Waals surface area contributed by atoms with Crippen LogP contribution < -0.4 is 10.6 Å². The van der Waals surface area contributed by atoms with E-state index in [4.69, 9.17) is 0 Å². The van der Waals surface area contributed by atoms with E-state index in [1.54, 1.807) is 6.33 Å². The Labute approximate surface area is 123 Å². The zero-order valence-corrected chi connectivity index (χ0v) is 13.5. The van der Waals surface area contributed by atoms with Crippen LogP contribution in [0.25, 0.3) is 0 Å². The molecule has 0 unspecified atom stereocenters. The number of hydrogen-bond acceptors (Lipinski definition) is 4. The molecule has 0 aliphatic carbocycles. The maximum atomic E-state index is 4.39. The molecule has 0 fully saturated rings. The summed E-state index contributed by atoms with van der Waals surface area (Å²) in [7, 11) is 0. The van der Waals surface area contributed by atoms with Gasteiger partial charge in [-0.25, -0.2) is 9.97 Å². The molecule has 0 aliphatic heterocycles. The third-order valence-corrected chi connectivity index (χ3v) is 3.34. The van der Waals surface area contributed by atoms with Gasteiger partial charge in [-0.05, 0) is 25.2 Å². The second kappa shape index (κ2) is 9.56. The van der Waals surface area contributed by atoms with Crippen LogP contribution in [-0.4, -0.2) is 23.1 Å². The fourth-order valence-corrected chi connectivity index (χ4v) is 2.18. The number of unbranched alkanes of at least 4 members (excludes halogenated alkanes) is 1. The highest BCUT2D eigenvalue weighted by atomic mass is 15.1. The smallest absolute Gasteiger partial charge is 0.134 e. The van der Waals surface area contributed by atoms with Crippen LogP contribution in [-0.2, 0) is 6.42 Å². The van der Waals surface area contributed by atoms with E-state index in [0.717, 1.165) is 43.5 Å². The molecule has 1 aromatic heterocycles. The first kappa shape index (κ1) is 16.7. The molecule has 2 N–H and O–H groups in total. The molecule has 0 aromatic carbocycles. The summed E-state index contributed by atoms with van der Waals surface area (Å²) in [6, 6.07) is 0. The molecule has 1 rings (SSSR count). The third kappa shape index (κ3) is 5.76. The van der Waals surface area contributed by atoms with E-state index in [1.807, 2.05) is 0 Å². The van der Waals surface area contributed by atoms with Gasteiger partial charge in [0.1, 0.15) is 18.0 Å². The van der Waals surface area contributed by atoms with Gasteiger partial charge >= 0.3 is 0 Å². The predicted octanol–water partition coefficient (Wildman–Crippen LogP) is 4.10. The van der Waals surface area contributed by atoms with E-state index in [1.165, 1.54) is 24.8 Å². The van der Waals surface area contributed by atoms with Crippen LogP contribution in [0.4, 0.5) is 11.6 Å². The summed E-state index contributed by atoms with van der Waals surface area (Å²) in [5.74, 6) is 2.77. The lowest BCUT2D eigenvalue weighted by Gasteiger charge is -2.14. The van der Waals surface area contributed by atoms with Gasteiger partial charge in [-0.15, -0.1) is 0 Å². The SMILES string of the molecule is CCCNc1ncnc(NCCCCC(C)C)c1CC. The maximum Gasteiger partial charge on any atom is 0.134 e. The molecular formula is C16H30N4. The standard InChI is InChI=1S/C16H30N4/c1-5-10-17-15-14(6-2)16(20-12-19-15)18-11-8-7-9-13(3)4/h12-13H,5-11H2,1-4H3,(H2,17,18,19,20). The summed E-state index contributed by atoms with van der Waals surface area (Å²) in [5, 5.41) is 6.84. The predicted molar refractivity (Wildman–Crippen MR) is 87.4 cm³/mol. The lowest BCUT2D eigenvalue weighted by atomic mass is 10.1. The Morgan fingerprint density at radius 3 is 2.20 bits per heavy atom. The molecule has 0 aliphatic rings. The van der Waals surface area contributed by atoms with Crippen molar-refractivity contribution in [3.8, 4) is 0 Å². The van der Waals surface area contributed by atoms with Crippen LogP contribution in [0.3, 0.4) is 0 Å². The number of aromatic nitrogens is 2. The molecule has 0 saturated carbocycles. The average Bonchev–Trinajstić information content (AvgIpc) is 2.44. The van der Waals surface area contributed by atoms with Crippen molar-refractivity contribution in [1.82, 2.24) is 9.97 Å². The monoisotopic (exact) mass is 278 g/mol. The highest BCUT2D eigenvalue weighted by molar-refractivity contribution is 5.57. The minimum Gasteiger partial charge on any atom is -0.370 e. The Bertz CT molecular complexity index is 377. The van der Waals surface area contributed by atoms with Crippen molar-refractivity contribution in [2.75, 3.05) is 23.7 Å². The van der Waals surface area contributed by atoms with Crippen LogP contribution >= 0.6 is 0 Å². The third-order valence-electron chi connectivity index (χ3n) is 3.34. The zero-order chi connectivity index (χ0) is 14.8. The van der Waals surface area contributed by atoms with Gasteiger partial charge in [0, 0.05) is 18.7 Å². The van der Waals surface area contributed by atoms with E-state index >= 15 is 0 Å². The lowest BCUT2D eigenvalue weighted by molar-refractivity contribution is 0.544. The van der Waals surface area contributed by atoms with Crippen molar-refractivity contribution in [2.24, 2.45) is 5.92 Å². The van der Waals surface area contributed by atoms with Crippen molar-refractivity contribution in [3.05, 3.63) is 11.9 Å².